The number of nitrogens with zero attached hydrogens (tertiary/aromatic N) is 3. The van der Waals surface area contributed by atoms with Crippen LogP contribution in [0.2, 0.25) is 0 Å². The fourth-order valence-corrected chi connectivity index (χ4v) is 6.11. The molecule has 2 saturated heterocycles. The number of carbonyl (C=O) groups is 1. The second-order valence-corrected chi connectivity index (χ2v) is 10.1. The lowest BCUT2D eigenvalue weighted by atomic mass is 10.0. The molecule has 33 heavy (non-hydrogen) atoms. The molecule has 0 saturated carbocycles. The van der Waals surface area contributed by atoms with Gasteiger partial charge in [-0.3, -0.25) is 4.79 Å². The smallest absolute Gasteiger partial charge is 0.263 e. The van der Waals surface area contributed by atoms with Gasteiger partial charge in [-0.05, 0) is 31.9 Å². The zero-order chi connectivity index (χ0) is 22.7. The molecule has 0 spiro atoms. The molecule has 172 valence electrons. The Labute approximate surface area is 194 Å². The van der Waals surface area contributed by atoms with Gasteiger partial charge in [0.05, 0.1) is 17.3 Å². The molecule has 3 aromatic heterocycles. The summed E-state index contributed by atoms with van der Waals surface area (Å²) in [5, 5.41) is 7.28. The number of fused-ring (bicyclic) bond motifs is 4. The van der Waals surface area contributed by atoms with Crippen LogP contribution in [0.3, 0.4) is 0 Å². The van der Waals surface area contributed by atoms with Crippen LogP contribution in [0.4, 0.5) is 15.9 Å². The Morgan fingerprint density at radius 1 is 1.30 bits per heavy atom. The van der Waals surface area contributed by atoms with Crippen LogP contribution in [-0.2, 0) is 6.42 Å². The van der Waals surface area contributed by atoms with Crippen molar-refractivity contribution in [2.45, 2.75) is 44.3 Å². The average Bonchev–Trinajstić information content (AvgIpc) is 3.31. The molecule has 2 unspecified atom stereocenters. The molecule has 0 radical (unpaired) electrons. The lowest BCUT2D eigenvalue weighted by Crippen LogP contribution is -2.51. The van der Waals surface area contributed by atoms with Gasteiger partial charge in [0.15, 0.2) is 0 Å². The van der Waals surface area contributed by atoms with E-state index in [9.17, 15) is 9.18 Å². The molecule has 4 N–H and O–H groups in total. The second-order valence-electron chi connectivity index (χ2n) is 9.13. The van der Waals surface area contributed by atoms with E-state index in [0.29, 0.717) is 46.2 Å². The number of hydrogen-bond acceptors (Lipinski definition) is 8. The standard InChI is InChI=1S/C23H25FN6O2S/c1-11-2-5-15-19(25)20(33-23(15)26-11)22(31)28-14-6-16-17(32-10-14)7-18(29-21(16)24)30-8-12-3-4-13(9-30)27-12/h2,5,7,12-14,27H,3-4,6,8-10,25H2,1H3,(H,28,31)/t12?,13?,14-/m1/s1. The molecule has 0 aromatic carbocycles. The Morgan fingerprint density at radius 3 is 2.88 bits per heavy atom. The van der Waals surface area contributed by atoms with Crippen molar-refractivity contribution in [2.75, 3.05) is 30.3 Å². The minimum atomic E-state index is -0.534. The van der Waals surface area contributed by atoms with Gasteiger partial charge in [0.25, 0.3) is 5.91 Å². The van der Waals surface area contributed by atoms with Crippen molar-refractivity contribution < 1.29 is 13.9 Å². The van der Waals surface area contributed by atoms with Crippen molar-refractivity contribution in [1.29, 1.82) is 0 Å². The molecule has 8 nitrogen and oxygen atoms in total. The van der Waals surface area contributed by atoms with Gasteiger partial charge in [-0.2, -0.15) is 4.39 Å². The molecule has 0 aliphatic carbocycles. The number of ether oxygens (including phenoxy) is 1. The summed E-state index contributed by atoms with van der Waals surface area (Å²) in [5.74, 6) is 0.294. The monoisotopic (exact) mass is 468 g/mol. The summed E-state index contributed by atoms with van der Waals surface area (Å²) in [6.07, 6.45) is 2.61. The summed E-state index contributed by atoms with van der Waals surface area (Å²) in [6, 6.07) is 6.08. The number of aromatic nitrogens is 2. The molecule has 6 heterocycles. The van der Waals surface area contributed by atoms with E-state index in [4.69, 9.17) is 10.5 Å². The predicted molar refractivity (Wildman–Crippen MR) is 126 cm³/mol. The van der Waals surface area contributed by atoms with Gasteiger partial charge in [-0.15, -0.1) is 11.3 Å². The topological polar surface area (TPSA) is 105 Å². The molecule has 3 atom stereocenters. The molecule has 3 aliphatic rings. The summed E-state index contributed by atoms with van der Waals surface area (Å²) in [5.41, 5.74) is 7.89. The first-order chi connectivity index (χ1) is 15.9. The molecular formula is C23H25FN6O2S. The lowest BCUT2D eigenvalue weighted by molar-refractivity contribution is 0.0919. The highest BCUT2D eigenvalue weighted by Crippen LogP contribution is 2.34. The predicted octanol–water partition coefficient (Wildman–Crippen LogP) is 2.40. The summed E-state index contributed by atoms with van der Waals surface area (Å²) in [6.45, 7) is 3.81. The number of thiophene rings is 1. The van der Waals surface area contributed by atoms with Gasteiger partial charge in [0, 0.05) is 48.7 Å². The first-order valence-corrected chi connectivity index (χ1v) is 12.1. The van der Waals surface area contributed by atoms with Crippen LogP contribution in [0.15, 0.2) is 18.2 Å². The van der Waals surface area contributed by atoms with Crippen molar-refractivity contribution in [2.24, 2.45) is 0 Å². The van der Waals surface area contributed by atoms with Crippen molar-refractivity contribution in [1.82, 2.24) is 20.6 Å². The van der Waals surface area contributed by atoms with E-state index < -0.39 is 5.95 Å². The lowest BCUT2D eigenvalue weighted by Gasteiger charge is -2.34. The zero-order valence-electron chi connectivity index (χ0n) is 18.2. The Morgan fingerprint density at radius 2 is 2.09 bits per heavy atom. The van der Waals surface area contributed by atoms with Crippen LogP contribution >= 0.6 is 11.3 Å². The molecule has 2 bridgehead atoms. The number of aryl methyl sites for hydroxylation is 1. The van der Waals surface area contributed by atoms with Crippen molar-refractivity contribution in [3.8, 4) is 5.75 Å². The summed E-state index contributed by atoms with van der Waals surface area (Å²) >= 11 is 1.26. The number of halogens is 1. The summed E-state index contributed by atoms with van der Waals surface area (Å²) in [7, 11) is 0. The second kappa shape index (κ2) is 7.81. The molecule has 2 fully saturated rings. The molecule has 6 rings (SSSR count). The highest BCUT2D eigenvalue weighted by Gasteiger charge is 2.34. The molecule has 10 heteroatoms. The Balaban J connectivity index is 1.19. The number of anilines is 2. The maximum absolute atomic E-state index is 15.0. The first kappa shape index (κ1) is 20.6. The molecule has 3 aromatic rings. The van der Waals surface area contributed by atoms with E-state index >= 15 is 0 Å². The van der Waals surface area contributed by atoms with E-state index in [0.717, 1.165) is 41.8 Å². The van der Waals surface area contributed by atoms with E-state index in [-0.39, 0.29) is 18.6 Å². The number of hydrogen-bond donors (Lipinski definition) is 3. The number of nitrogens with two attached hydrogens (primary N) is 1. The number of pyridine rings is 2. The largest absolute Gasteiger partial charge is 0.491 e. The quantitative estimate of drug-likeness (QED) is 0.507. The highest BCUT2D eigenvalue weighted by molar-refractivity contribution is 7.21. The SMILES string of the molecule is Cc1ccc2c(N)c(C(=O)N[C@H]3COc4cc(N5CC6CCC(C5)N6)nc(F)c4C3)sc2n1. The maximum Gasteiger partial charge on any atom is 0.263 e. The molecule has 1 amide bonds. The highest BCUT2D eigenvalue weighted by atomic mass is 32.1. The Kier molecular flexibility index (Phi) is 4.88. The van der Waals surface area contributed by atoms with Crippen molar-refractivity contribution >= 4 is 39.0 Å². The van der Waals surface area contributed by atoms with Gasteiger partial charge in [-0.25, -0.2) is 9.97 Å². The molecule has 3 aliphatic heterocycles. The fourth-order valence-electron chi connectivity index (χ4n) is 5.06. The number of carbonyl (C=O) groups excluding carboxylic acids is 1. The van der Waals surface area contributed by atoms with Gasteiger partial charge >= 0.3 is 0 Å². The zero-order valence-corrected chi connectivity index (χ0v) is 19.0. The van der Waals surface area contributed by atoms with E-state index in [1.54, 1.807) is 0 Å². The van der Waals surface area contributed by atoms with Gasteiger partial charge in [0.2, 0.25) is 5.95 Å². The minimum absolute atomic E-state index is 0.261. The van der Waals surface area contributed by atoms with Crippen LogP contribution in [0.5, 0.6) is 5.75 Å². The van der Waals surface area contributed by atoms with Crippen LogP contribution in [0, 0.1) is 12.9 Å². The Hall–Kier alpha value is -2.98. The van der Waals surface area contributed by atoms with Gasteiger partial charge in [-0.1, -0.05) is 0 Å². The minimum Gasteiger partial charge on any atom is -0.491 e. The third kappa shape index (κ3) is 3.67. The Bertz CT molecular complexity index is 1250. The number of nitrogen functional groups attached to an aromatic ring is 1. The summed E-state index contributed by atoms with van der Waals surface area (Å²) < 4.78 is 20.9. The van der Waals surface area contributed by atoms with Crippen LogP contribution in [-0.4, -0.2) is 53.7 Å². The molecular weight excluding hydrogens is 443 g/mol. The number of nitrogens with one attached hydrogen (secondary N) is 2. The van der Waals surface area contributed by atoms with E-state index in [1.165, 1.54) is 11.3 Å². The van der Waals surface area contributed by atoms with E-state index in [1.807, 2.05) is 25.1 Å². The summed E-state index contributed by atoms with van der Waals surface area (Å²) in [4.78, 5) is 24.9. The normalized spacial score (nSPS) is 23.9. The van der Waals surface area contributed by atoms with Crippen LogP contribution < -0.4 is 26.0 Å². The van der Waals surface area contributed by atoms with E-state index in [2.05, 4.69) is 25.5 Å². The fraction of sp³-hybridized carbons (Fsp3) is 0.435. The number of amides is 1. The van der Waals surface area contributed by atoms with Gasteiger partial charge in [0.1, 0.15) is 27.9 Å². The third-order valence-corrected chi connectivity index (χ3v) is 7.84. The maximum atomic E-state index is 15.0. The average molecular weight is 469 g/mol. The number of rotatable bonds is 3. The van der Waals surface area contributed by atoms with Crippen molar-refractivity contribution in [3.05, 3.63) is 40.3 Å². The first-order valence-electron chi connectivity index (χ1n) is 11.2. The van der Waals surface area contributed by atoms with Crippen LogP contribution in [0.25, 0.3) is 10.2 Å². The van der Waals surface area contributed by atoms with Crippen molar-refractivity contribution in [3.63, 3.8) is 0 Å². The third-order valence-electron chi connectivity index (χ3n) is 6.72. The number of piperazine rings is 1. The van der Waals surface area contributed by atoms with Crippen LogP contribution in [0.1, 0.15) is 33.8 Å². The van der Waals surface area contributed by atoms with Gasteiger partial charge < -0.3 is 26.0 Å².